The number of carbonyl (C=O) groups is 1. The van der Waals surface area contributed by atoms with E-state index in [1.54, 1.807) is 6.07 Å². The average Bonchev–Trinajstić information content (AvgIpc) is 2.30. The molecule has 1 aromatic carbocycles. The zero-order valence-electron chi connectivity index (χ0n) is 9.42. The molecule has 0 heterocycles. The van der Waals surface area contributed by atoms with Crippen LogP contribution in [0, 0.1) is 10.1 Å². The van der Waals surface area contributed by atoms with Crippen LogP contribution in [-0.2, 0) is 4.79 Å². The summed E-state index contributed by atoms with van der Waals surface area (Å²) < 4.78 is 5.66. The topological polar surface area (TPSA) is 89.7 Å². The Labute approximate surface area is 111 Å². The number of nitro groups is 1. The first kappa shape index (κ1) is 14.2. The Bertz CT molecular complexity index is 512. The first-order valence-electron chi connectivity index (χ1n) is 4.89. The number of halogens is 1. The minimum Gasteiger partial charge on any atom is -0.482 e. The van der Waals surface area contributed by atoms with Gasteiger partial charge in [0.05, 0.1) is 9.40 Å². The fourth-order valence-electron chi connectivity index (χ4n) is 1.12. The van der Waals surface area contributed by atoms with Gasteiger partial charge in [0.2, 0.25) is 5.75 Å². The number of hydrogen-bond acceptors (Lipinski definition) is 4. The number of ether oxygens (including phenoxy) is 1. The van der Waals surface area contributed by atoms with Gasteiger partial charge in [-0.3, -0.25) is 10.1 Å². The summed E-state index contributed by atoms with van der Waals surface area (Å²) in [6, 6.07) is 4.44. The molecule has 0 bridgehead atoms. The maximum Gasteiger partial charge on any atom is 0.331 e. The summed E-state index contributed by atoms with van der Waals surface area (Å²) in [5.41, 5.74) is -0.0598. The summed E-state index contributed by atoms with van der Waals surface area (Å²) in [6.45, 7) is 1.36. The van der Waals surface area contributed by atoms with Crippen LogP contribution in [0.4, 0.5) is 5.69 Å². The van der Waals surface area contributed by atoms with Gasteiger partial charge in [0.15, 0.2) is 0 Å². The van der Waals surface area contributed by atoms with Crippen LogP contribution in [0.1, 0.15) is 6.92 Å². The molecule has 0 aliphatic heterocycles. The number of hydrogen-bond donors (Lipinski definition) is 1. The molecule has 0 unspecified atom stereocenters. The van der Waals surface area contributed by atoms with Crippen LogP contribution in [0.2, 0.25) is 0 Å². The molecule has 0 amide bonds. The third-order valence-corrected chi connectivity index (χ3v) is 2.72. The average molecular weight is 316 g/mol. The molecule has 0 atom stereocenters. The van der Waals surface area contributed by atoms with Crippen molar-refractivity contribution in [3.05, 3.63) is 44.4 Å². The van der Waals surface area contributed by atoms with Gasteiger partial charge in [-0.05, 0) is 35.0 Å². The highest BCUT2D eigenvalue weighted by molar-refractivity contribution is 9.10. The van der Waals surface area contributed by atoms with Gasteiger partial charge in [-0.15, -0.1) is 0 Å². The fourth-order valence-corrected chi connectivity index (χ4v) is 1.59. The lowest BCUT2D eigenvalue weighted by atomic mass is 10.3. The lowest BCUT2D eigenvalue weighted by Gasteiger charge is -2.06. The lowest BCUT2D eigenvalue weighted by Crippen LogP contribution is -2.02. The van der Waals surface area contributed by atoms with E-state index in [2.05, 4.69) is 15.9 Å². The number of carboxylic acids is 1. The minimum atomic E-state index is -1.06. The van der Waals surface area contributed by atoms with Gasteiger partial charge in [-0.1, -0.05) is 6.07 Å². The van der Waals surface area contributed by atoms with Crippen LogP contribution in [0.15, 0.2) is 34.3 Å². The van der Waals surface area contributed by atoms with Crippen molar-refractivity contribution in [3.63, 3.8) is 0 Å². The summed E-state index contributed by atoms with van der Waals surface area (Å²) in [6.07, 6.45) is 1.34. The smallest absolute Gasteiger partial charge is 0.331 e. The predicted molar refractivity (Wildman–Crippen MR) is 67.7 cm³/mol. The van der Waals surface area contributed by atoms with E-state index in [0.717, 1.165) is 0 Å². The standard InChI is InChI=1S/C11H10BrNO5/c1-7(11(14)15)5-6-18-10-8(12)3-2-4-9(10)13(16)17/h2-5H,6H2,1H3,(H,14,15)/b7-5-. The van der Waals surface area contributed by atoms with Crippen molar-refractivity contribution in [3.8, 4) is 5.75 Å². The fraction of sp³-hybridized carbons (Fsp3) is 0.182. The predicted octanol–water partition coefficient (Wildman–Crippen LogP) is 2.77. The number of rotatable bonds is 5. The number of nitrogens with zero attached hydrogens (tertiary/aromatic N) is 1. The maximum absolute atomic E-state index is 10.8. The van der Waals surface area contributed by atoms with Gasteiger partial charge in [0, 0.05) is 11.6 Å². The van der Waals surface area contributed by atoms with E-state index >= 15 is 0 Å². The molecular weight excluding hydrogens is 306 g/mol. The summed E-state index contributed by atoms with van der Waals surface area (Å²) in [4.78, 5) is 20.8. The first-order valence-corrected chi connectivity index (χ1v) is 5.68. The maximum atomic E-state index is 10.8. The molecule has 0 aliphatic carbocycles. The number of nitro benzene ring substituents is 1. The molecule has 7 heteroatoms. The van der Waals surface area contributed by atoms with Crippen molar-refractivity contribution >= 4 is 27.6 Å². The van der Waals surface area contributed by atoms with Crippen LogP contribution >= 0.6 is 15.9 Å². The second-order valence-corrected chi connectivity index (χ2v) is 4.20. The summed E-state index contributed by atoms with van der Waals surface area (Å²) >= 11 is 3.15. The quantitative estimate of drug-likeness (QED) is 0.512. The molecule has 96 valence electrons. The van der Waals surface area contributed by atoms with E-state index in [-0.39, 0.29) is 23.6 Å². The molecular formula is C11H10BrNO5. The van der Waals surface area contributed by atoms with Gasteiger partial charge < -0.3 is 9.84 Å². The van der Waals surface area contributed by atoms with Gasteiger partial charge >= 0.3 is 11.7 Å². The zero-order valence-corrected chi connectivity index (χ0v) is 11.0. The van der Waals surface area contributed by atoms with Gasteiger partial charge in [0.1, 0.15) is 6.61 Å². The zero-order chi connectivity index (χ0) is 13.7. The Balaban J connectivity index is 2.88. The molecule has 18 heavy (non-hydrogen) atoms. The van der Waals surface area contributed by atoms with Crippen LogP contribution in [-0.4, -0.2) is 22.6 Å². The van der Waals surface area contributed by atoms with Crippen molar-refractivity contribution in [2.24, 2.45) is 0 Å². The molecule has 0 saturated heterocycles. The monoisotopic (exact) mass is 315 g/mol. The van der Waals surface area contributed by atoms with Crippen LogP contribution < -0.4 is 4.74 Å². The van der Waals surface area contributed by atoms with Crippen LogP contribution in [0.3, 0.4) is 0 Å². The van der Waals surface area contributed by atoms with E-state index in [1.165, 1.54) is 25.1 Å². The second-order valence-electron chi connectivity index (χ2n) is 3.35. The van der Waals surface area contributed by atoms with E-state index in [9.17, 15) is 14.9 Å². The van der Waals surface area contributed by atoms with E-state index in [1.807, 2.05) is 0 Å². The van der Waals surface area contributed by atoms with Crippen molar-refractivity contribution in [1.29, 1.82) is 0 Å². The van der Waals surface area contributed by atoms with Crippen molar-refractivity contribution in [2.45, 2.75) is 6.92 Å². The molecule has 0 saturated carbocycles. The molecule has 1 N–H and O–H groups in total. The number of carboxylic acid groups (broad SMARTS) is 1. The van der Waals surface area contributed by atoms with Gasteiger partial charge in [-0.25, -0.2) is 4.79 Å². The largest absolute Gasteiger partial charge is 0.482 e. The van der Waals surface area contributed by atoms with Crippen molar-refractivity contribution < 1.29 is 19.6 Å². The Morgan fingerprint density at radius 2 is 2.28 bits per heavy atom. The molecule has 0 fully saturated rings. The molecule has 0 aliphatic rings. The summed E-state index contributed by atoms with van der Waals surface area (Å²) in [7, 11) is 0. The van der Waals surface area contributed by atoms with Crippen LogP contribution in [0.25, 0.3) is 0 Å². The van der Waals surface area contributed by atoms with Gasteiger partial charge in [-0.2, -0.15) is 0 Å². The summed E-state index contributed by atoms with van der Waals surface area (Å²) in [5, 5.41) is 19.4. The molecule has 6 nitrogen and oxygen atoms in total. The summed E-state index contributed by atoms with van der Waals surface area (Å²) in [5.74, 6) is -0.975. The third-order valence-electron chi connectivity index (χ3n) is 2.10. The van der Waals surface area contributed by atoms with E-state index in [4.69, 9.17) is 9.84 Å². The third kappa shape index (κ3) is 3.56. The Hall–Kier alpha value is -1.89. The lowest BCUT2D eigenvalue weighted by molar-refractivity contribution is -0.385. The highest BCUT2D eigenvalue weighted by Gasteiger charge is 2.17. The normalized spacial score (nSPS) is 11.1. The Kier molecular flexibility index (Phi) is 4.85. The molecule has 0 aromatic heterocycles. The van der Waals surface area contributed by atoms with Gasteiger partial charge in [0.25, 0.3) is 0 Å². The van der Waals surface area contributed by atoms with Crippen molar-refractivity contribution in [2.75, 3.05) is 6.61 Å². The Morgan fingerprint density at radius 3 is 2.83 bits per heavy atom. The highest BCUT2D eigenvalue weighted by Crippen LogP contribution is 2.34. The molecule has 0 spiro atoms. The van der Waals surface area contributed by atoms with E-state index in [0.29, 0.717) is 4.47 Å². The number of benzene rings is 1. The van der Waals surface area contributed by atoms with Crippen LogP contribution in [0.5, 0.6) is 5.75 Å². The number of para-hydroxylation sites is 1. The van der Waals surface area contributed by atoms with Crippen molar-refractivity contribution in [1.82, 2.24) is 0 Å². The SMILES string of the molecule is C/C(=C/COc1c(Br)cccc1[N+](=O)[O-])C(=O)O. The molecule has 1 rings (SSSR count). The molecule has 1 aromatic rings. The molecule has 0 radical (unpaired) electrons. The minimum absolute atomic E-state index is 0.0540. The number of aliphatic carboxylic acids is 1. The second kappa shape index (κ2) is 6.15. The first-order chi connectivity index (χ1) is 8.43. The highest BCUT2D eigenvalue weighted by atomic mass is 79.9. The van der Waals surface area contributed by atoms with E-state index < -0.39 is 10.9 Å². The Morgan fingerprint density at radius 1 is 1.61 bits per heavy atom.